The second-order valence-electron chi connectivity index (χ2n) is 7.76. The van der Waals surface area contributed by atoms with Crippen LogP contribution >= 0.6 is 7.26 Å². The van der Waals surface area contributed by atoms with Gasteiger partial charge in [-0.1, -0.05) is 13.3 Å². The van der Waals surface area contributed by atoms with Gasteiger partial charge in [0.2, 0.25) is 0 Å². The van der Waals surface area contributed by atoms with Gasteiger partial charge in [0.1, 0.15) is 6.16 Å². The Morgan fingerprint density at radius 2 is 1.75 bits per heavy atom. The molecule has 0 aliphatic rings. The number of hydrogen-bond acceptors (Lipinski definition) is 3. The standard InChI is InChI=1S/C19H31NO3P/c1-7-8-13-24(15(2)3,19(4,5)6)14-18(21)16-9-11-17(12-10-16)20(22)23/h9-12,15H,7-8,13-14H2,1-6H3/q+1. The Labute approximate surface area is 146 Å². The molecule has 24 heavy (non-hydrogen) atoms. The van der Waals surface area contributed by atoms with Crippen LogP contribution in [0.3, 0.4) is 0 Å². The fourth-order valence-electron chi connectivity index (χ4n) is 3.42. The minimum Gasteiger partial charge on any atom is -0.290 e. The molecule has 1 rings (SSSR count). The first-order valence-electron chi connectivity index (χ1n) is 8.69. The lowest BCUT2D eigenvalue weighted by Crippen LogP contribution is -2.33. The van der Waals surface area contributed by atoms with Crippen LogP contribution in [0.5, 0.6) is 0 Å². The Morgan fingerprint density at radius 3 is 2.12 bits per heavy atom. The highest BCUT2D eigenvalue weighted by Crippen LogP contribution is 2.72. The Balaban J connectivity index is 3.12. The number of nitro groups is 1. The molecule has 1 aromatic carbocycles. The summed E-state index contributed by atoms with van der Waals surface area (Å²) < 4.78 is 0. The minimum atomic E-state index is -1.50. The molecule has 0 fully saturated rings. The number of non-ortho nitro benzene ring substituents is 1. The lowest BCUT2D eigenvalue weighted by atomic mass is 10.1. The second kappa shape index (κ2) is 8.20. The third-order valence-corrected chi connectivity index (χ3v) is 11.7. The van der Waals surface area contributed by atoms with Gasteiger partial charge in [-0.25, -0.2) is 0 Å². The van der Waals surface area contributed by atoms with Gasteiger partial charge in [-0.05, 0) is 53.2 Å². The first kappa shape index (κ1) is 20.8. The lowest BCUT2D eigenvalue weighted by Gasteiger charge is -2.41. The van der Waals surface area contributed by atoms with Crippen LogP contribution < -0.4 is 0 Å². The van der Waals surface area contributed by atoms with Gasteiger partial charge in [0.05, 0.1) is 21.9 Å². The SMILES string of the molecule is CCCC[P+](CC(=O)c1ccc([N+](=O)[O-])cc1)(C(C)C)C(C)(C)C. The molecule has 5 heteroatoms. The van der Waals surface area contributed by atoms with E-state index in [4.69, 9.17) is 0 Å². The number of Topliss-reactive ketones (excluding diaryl/α,β-unsaturated/α-hetero) is 1. The Bertz CT molecular complexity index is 575. The van der Waals surface area contributed by atoms with Crippen LogP contribution in [0.1, 0.15) is 64.7 Å². The summed E-state index contributed by atoms with van der Waals surface area (Å²) in [6.07, 6.45) is 4.00. The van der Waals surface area contributed by atoms with E-state index in [1.807, 2.05) is 0 Å². The average Bonchev–Trinajstić information content (AvgIpc) is 2.49. The molecular formula is C19H31NO3P+. The fraction of sp³-hybridized carbons (Fsp3) is 0.632. The summed E-state index contributed by atoms with van der Waals surface area (Å²) in [7, 11) is -1.50. The molecule has 0 aliphatic carbocycles. The van der Waals surface area contributed by atoms with Gasteiger partial charge in [-0.2, -0.15) is 0 Å². The normalized spacial score (nSPS) is 14.5. The van der Waals surface area contributed by atoms with Gasteiger partial charge in [0, 0.05) is 25.0 Å². The Hall–Kier alpha value is -1.28. The number of carbonyl (C=O) groups excluding carboxylic acids is 1. The summed E-state index contributed by atoms with van der Waals surface area (Å²) in [5.41, 5.74) is 1.11. The first-order valence-corrected chi connectivity index (χ1v) is 10.9. The smallest absolute Gasteiger partial charge is 0.269 e. The number of rotatable bonds is 8. The van der Waals surface area contributed by atoms with E-state index in [1.54, 1.807) is 12.1 Å². The highest BCUT2D eigenvalue weighted by molar-refractivity contribution is 7.78. The zero-order valence-corrected chi connectivity index (χ0v) is 16.7. The van der Waals surface area contributed by atoms with Crippen molar-refractivity contribution in [2.75, 3.05) is 12.3 Å². The number of nitro benzene ring substituents is 1. The molecule has 0 saturated heterocycles. The molecule has 1 unspecified atom stereocenters. The maximum Gasteiger partial charge on any atom is 0.269 e. The zero-order valence-electron chi connectivity index (χ0n) is 15.8. The largest absolute Gasteiger partial charge is 0.290 e. The molecule has 0 aromatic heterocycles. The third-order valence-electron chi connectivity index (χ3n) is 5.06. The van der Waals surface area contributed by atoms with Crippen LogP contribution in [0.15, 0.2) is 24.3 Å². The number of ketones is 1. The first-order chi connectivity index (χ1) is 11.0. The molecule has 0 radical (unpaired) electrons. The zero-order chi connectivity index (χ0) is 18.5. The lowest BCUT2D eigenvalue weighted by molar-refractivity contribution is -0.384. The molecule has 0 spiro atoms. The summed E-state index contributed by atoms with van der Waals surface area (Å²) in [4.78, 5) is 23.3. The van der Waals surface area contributed by atoms with Crippen molar-refractivity contribution in [2.24, 2.45) is 0 Å². The molecular weight excluding hydrogens is 321 g/mol. The van der Waals surface area contributed by atoms with Crippen LogP contribution in [0, 0.1) is 10.1 Å². The topological polar surface area (TPSA) is 60.2 Å². The van der Waals surface area contributed by atoms with Crippen molar-refractivity contribution in [1.29, 1.82) is 0 Å². The monoisotopic (exact) mass is 352 g/mol. The molecule has 0 heterocycles. The highest BCUT2D eigenvalue weighted by Gasteiger charge is 2.52. The van der Waals surface area contributed by atoms with Crippen LogP contribution in [0.4, 0.5) is 5.69 Å². The summed E-state index contributed by atoms with van der Waals surface area (Å²) in [6.45, 7) is 13.5. The van der Waals surface area contributed by atoms with Crippen LogP contribution in [-0.2, 0) is 0 Å². The van der Waals surface area contributed by atoms with E-state index in [1.165, 1.54) is 12.1 Å². The van der Waals surface area contributed by atoms with E-state index < -0.39 is 12.2 Å². The molecule has 0 saturated carbocycles. The van der Waals surface area contributed by atoms with E-state index in [-0.39, 0.29) is 16.6 Å². The molecule has 1 atom stereocenters. The second-order valence-corrected chi connectivity index (χ2v) is 13.0. The van der Waals surface area contributed by atoms with Crippen LogP contribution in [-0.4, -0.2) is 33.8 Å². The third kappa shape index (κ3) is 4.63. The van der Waals surface area contributed by atoms with Crippen LogP contribution in [0.2, 0.25) is 0 Å². The summed E-state index contributed by atoms with van der Waals surface area (Å²) in [5, 5.41) is 10.9. The van der Waals surface area contributed by atoms with E-state index >= 15 is 0 Å². The molecule has 4 nitrogen and oxygen atoms in total. The van der Waals surface area contributed by atoms with Gasteiger partial charge < -0.3 is 0 Å². The Kier molecular flexibility index (Phi) is 7.10. The van der Waals surface area contributed by atoms with Gasteiger partial charge >= 0.3 is 0 Å². The molecule has 0 aliphatic heterocycles. The summed E-state index contributed by atoms with van der Waals surface area (Å²) in [6, 6.07) is 6.04. The van der Waals surface area contributed by atoms with Gasteiger partial charge in [0.15, 0.2) is 5.78 Å². The van der Waals surface area contributed by atoms with E-state index in [0.717, 1.165) is 19.0 Å². The number of unbranched alkanes of at least 4 members (excludes halogenated alkanes) is 1. The van der Waals surface area contributed by atoms with Crippen molar-refractivity contribution in [3.05, 3.63) is 39.9 Å². The van der Waals surface area contributed by atoms with Crippen molar-refractivity contribution in [1.82, 2.24) is 0 Å². The maximum absolute atomic E-state index is 12.9. The molecule has 0 N–H and O–H groups in total. The number of nitrogens with zero attached hydrogens (tertiary/aromatic N) is 1. The van der Waals surface area contributed by atoms with Crippen LogP contribution in [0.25, 0.3) is 0 Å². The minimum absolute atomic E-state index is 0.0262. The highest BCUT2D eigenvalue weighted by atomic mass is 31.2. The van der Waals surface area contributed by atoms with Crippen molar-refractivity contribution in [3.8, 4) is 0 Å². The van der Waals surface area contributed by atoms with E-state index in [0.29, 0.717) is 17.4 Å². The van der Waals surface area contributed by atoms with Crippen molar-refractivity contribution >= 4 is 18.7 Å². The van der Waals surface area contributed by atoms with E-state index in [9.17, 15) is 14.9 Å². The van der Waals surface area contributed by atoms with Gasteiger partial charge in [-0.15, -0.1) is 0 Å². The van der Waals surface area contributed by atoms with E-state index in [2.05, 4.69) is 41.5 Å². The molecule has 0 bridgehead atoms. The maximum atomic E-state index is 12.9. The molecule has 0 amide bonds. The van der Waals surface area contributed by atoms with Crippen molar-refractivity contribution in [2.45, 2.75) is 65.2 Å². The van der Waals surface area contributed by atoms with Crippen molar-refractivity contribution < 1.29 is 9.72 Å². The summed E-state index contributed by atoms with van der Waals surface area (Å²) >= 11 is 0. The Morgan fingerprint density at radius 1 is 1.21 bits per heavy atom. The molecule has 1 aromatic rings. The predicted molar refractivity (Wildman–Crippen MR) is 104 cm³/mol. The average molecular weight is 352 g/mol. The molecule has 134 valence electrons. The quantitative estimate of drug-likeness (QED) is 0.257. The van der Waals surface area contributed by atoms with Crippen molar-refractivity contribution in [3.63, 3.8) is 0 Å². The number of hydrogen-bond donors (Lipinski definition) is 0. The predicted octanol–water partition coefficient (Wildman–Crippen LogP) is 5.80. The number of carbonyl (C=O) groups is 1. The fourth-order valence-corrected chi connectivity index (χ4v) is 8.73. The summed E-state index contributed by atoms with van der Waals surface area (Å²) in [5.74, 6) is 0.123. The van der Waals surface area contributed by atoms with Gasteiger partial charge in [-0.3, -0.25) is 14.9 Å². The van der Waals surface area contributed by atoms with Gasteiger partial charge in [0.25, 0.3) is 5.69 Å². The number of benzene rings is 1.